The lowest BCUT2D eigenvalue weighted by Crippen LogP contribution is -2.49. The normalized spacial score (nSPS) is 20.2. The zero-order valence-electron chi connectivity index (χ0n) is 12.8. The zero-order chi connectivity index (χ0) is 17.9. The largest absolute Gasteiger partial charge is 0.334 e. The van der Waals surface area contributed by atoms with Crippen molar-refractivity contribution >= 4 is 50.7 Å². The van der Waals surface area contributed by atoms with Gasteiger partial charge in [0, 0.05) is 11.1 Å². The number of amides is 3. The van der Waals surface area contributed by atoms with Crippen molar-refractivity contribution < 1.29 is 18.0 Å². The first-order chi connectivity index (χ1) is 11.2. The Kier molecular flexibility index (Phi) is 5.95. The van der Waals surface area contributed by atoms with Crippen LogP contribution in [0.5, 0.6) is 0 Å². The lowest BCUT2D eigenvalue weighted by molar-refractivity contribution is -0.117. The highest BCUT2D eigenvalue weighted by Crippen LogP contribution is 2.25. The molecule has 0 bridgehead atoms. The van der Waals surface area contributed by atoms with Gasteiger partial charge in [-0.1, -0.05) is 23.2 Å². The number of nitrogens with one attached hydrogen (secondary N) is 3. The summed E-state index contributed by atoms with van der Waals surface area (Å²) in [6.07, 6.45) is 0.372. The SMILES string of the molecule is CC(NC(=O)NC1CCS(=O)(=O)C1)C(=O)Nc1ccc(Cl)cc1Cl. The number of sulfone groups is 1. The van der Waals surface area contributed by atoms with Crippen LogP contribution in [0.25, 0.3) is 0 Å². The molecule has 2 atom stereocenters. The van der Waals surface area contributed by atoms with Crippen LogP contribution in [0.15, 0.2) is 18.2 Å². The van der Waals surface area contributed by atoms with E-state index in [-0.39, 0.29) is 16.5 Å². The van der Waals surface area contributed by atoms with Crippen molar-refractivity contribution in [2.75, 3.05) is 16.8 Å². The summed E-state index contributed by atoms with van der Waals surface area (Å²) in [6.45, 7) is 1.50. The molecular formula is C14H17Cl2N3O4S. The topological polar surface area (TPSA) is 104 Å². The lowest BCUT2D eigenvalue weighted by atomic mass is 10.2. The van der Waals surface area contributed by atoms with Crippen molar-refractivity contribution in [2.24, 2.45) is 0 Å². The summed E-state index contributed by atoms with van der Waals surface area (Å²) in [4.78, 5) is 23.9. The Morgan fingerprint density at radius 3 is 2.58 bits per heavy atom. The molecule has 132 valence electrons. The van der Waals surface area contributed by atoms with E-state index in [4.69, 9.17) is 23.2 Å². The Morgan fingerprint density at radius 2 is 2.00 bits per heavy atom. The van der Waals surface area contributed by atoms with Crippen molar-refractivity contribution in [1.29, 1.82) is 0 Å². The Hall–Kier alpha value is -1.51. The fourth-order valence-electron chi connectivity index (χ4n) is 2.23. The molecule has 24 heavy (non-hydrogen) atoms. The van der Waals surface area contributed by atoms with Crippen LogP contribution in [-0.2, 0) is 14.6 Å². The number of benzene rings is 1. The van der Waals surface area contributed by atoms with Gasteiger partial charge < -0.3 is 16.0 Å². The van der Waals surface area contributed by atoms with E-state index in [1.165, 1.54) is 13.0 Å². The summed E-state index contributed by atoms with van der Waals surface area (Å²) in [5, 5.41) is 8.31. The number of halogens is 2. The second-order valence-electron chi connectivity index (χ2n) is 5.55. The van der Waals surface area contributed by atoms with Gasteiger partial charge in [-0.05, 0) is 31.5 Å². The van der Waals surface area contributed by atoms with Gasteiger partial charge in [0.2, 0.25) is 5.91 Å². The van der Waals surface area contributed by atoms with Crippen LogP contribution in [0.3, 0.4) is 0 Å². The first-order valence-electron chi connectivity index (χ1n) is 7.19. The molecule has 0 saturated carbocycles. The molecule has 3 N–H and O–H groups in total. The van der Waals surface area contributed by atoms with Gasteiger partial charge >= 0.3 is 6.03 Å². The highest BCUT2D eigenvalue weighted by Gasteiger charge is 2.29. The molecule has 2 rings (SSSR count). The Balaban J connectivity index is 1.86. The second kappa shape index (κ2) is 7.58. The first kappa shape index (κ1) is 18.8. The number of carbonyl (C=O) groups excluding carboxylic acids is 2. The third-order valence-corrected chi connectivity index (χ3v) is 5.81. The van der Waals surface area contributed by atoms with E-state index < -0.39 is 33.9 Å². The van der Waals surface area contributed by atoms with Crippen molar-refractivity contribution in [1.82, 2.24) is 10.6 Å². The number of hydrogen-bond donors (Lipinski definition) is 3. The molecule has 0 spiro atoms. The minimum atomic E-state index is -3.08. The van der Waals surface area contributed by atoms with Gasteiger partial charge in [-0.2, -0.15) is 0 Å². The Labute approximate surface area is 150 Å². The lowest BCUT2D eigenvalue weighted by Gasteiger charge is -2.17. The summed E-state index contributed by atoms with van der Waals surface area (Å²) in [5.41, 5.74) is 0.377. The number of rotatable bonds is 4. The molecule has 1 aliphatic rings. The van der Waals surface area contributed by atoms with Gasteiger partial charge in [0.1, 0.15) is 6.04 Å². The summed E-state index contributed by atoms with van der Waals surface area (Å²) in [6, 6.07) is 2.75. The van der Waals surface area contributed by atoms with Crippen LogP contribution in [0.1, 0.15) is 13.3 Å². The number of anilines is 1. The van der Waals surface area contributed by atoms with E-state index >= 15 is 0 Å². The van der Waals surface area contributed by atoms with Crippen LogP contribution in [-0.4, -0.2) is 43.9 Å². The van der Waals surface area contributed by atoms with Gasteiger partial charge in [0.25, 0.3) is 0 Å². The molecule has 1 fully saturated rings. The highest BCUT2D eigenvalue weighted by atomic mass is 35.5. The van der Waals surface area contributed by atoms with Crippen LogP contribution in [0, 0.1) is 0 Å². The van der Waals surface area contributed by atoms with Gasteiger partial charge in [-0.15, -0.1) is 0 Å². The van der Waals surface area contributed by atoms with Crippen molar-refractivity contribution in [2.45, 2.75) is 25.4 Å². The van der Waals surface area contributed by atoms with Crippen LogP contribution < -0.4 is 16.0 Å². The molecule has 1 heterocycles. The second-order valence-corrected chi connectivity index (χ2v) is 8.63. The number of hydrogen-bond acceptors (Lipinski definition) is 4. The number of urea groups is 1. The minimum absolute atomic E-state index is 0.0586. The maximum absolute atomic E-state index is 12.1. The standard InChI is InChI=1S/C14H17Cl2N3O4S/c1-8(13(20)19-12-3-2-9(15)6-11(12)16)17-14(21)18-10-4-5-24(22,23)7-10/h2-3,6,8,10H,4-5,7H2,1H3,(H,19,20)(H2,17,18,21). The molecule has 1 saturated heterocycles. The van der Waals surface area contributed by atoms with E-state index in [9.17, 15) is 18.0 Å². The number of carbonyl (C=O) groups is 2. The highest BCUT2D eigenvalue weighted by molar-refractivity contribution is 7.91. The van der Waals surface area contributed by atoms with Gasteiger partial charge in [-0.3, -0.25) is 4.79 Å². The van der Waals surface area contributed by atoms with Crippen LogP contribution in [0.2, 0.25) is 10.0 Å². The molecule has 0 aromatic heterocycles. The van der Waals surface area contributed by atoms with Crippen molar-refractivity contribution in [3.8, 4) is 0 Å². The van der Waals surface area contributed by atoms with Gasteiger partial charge in [-0.25, -0.2) is 13.2 Å². The third kappa shape index (κ3) is 5.25. The smallest absolute Gasteiger partial charge is 0.315 e. The van der Waals surface area contributed by atoms with Crippen molar-refractivity contribution in [3.05, 3.63) is 28.2 Å². The van der Waals surface area contributed by atoms with E-state index in [1.807, 2.05) is 0 Å². The van der Waals surface area contributed by atoms with E-state index in [1.54, 1.807) is 12.1 Å². The van der Waals surface area contributed by atoms with Gasteiger partial charge in [0.05, 0.1) is 22.2 Å². The summed E-state index contributed by atoms with van der Waals surface area (Å²) in [5.74, 6) is -0.488. The molecule has 0 radical (unpaired) electrons. The van der Waals surface area contributed by atoms with E-state index in [2.05, 4.69) is 16.0 Å². The molecule has 2 unspecified atom stereocenters. The first-order valence-corrected chi connectivity index (χ1v) is 9.77. The molecular weight excluding hydrogens is 377 g/mol. The fraction of sp³-hybridized carbons (Fsp3) is 0.429. The molecule has 1 aromatic carbocycles. The summed E-state index contributed by atoms with van der Waals surface area (Å²) in [7, 11) is -3.08. The van der Waals surface area contributed by atoms with Crippen LogP contribution in [0.4, 0.5) is 10.5 Å². The Morgan fingerprint density at radius 1 is 1.29 bits per heavy atom. The summed E-state index contributed by atoms with van der Waals surface area (Å²) >= 11 is 11.7. The predicted molar refractivity (Wildman–Crippen MR) is 93.3 cm³/mol. The zero-order valence-corrected chi connectivity index (χ0v) is 15.1. The molecule has 10 heteroatoms. The fourth-order valence-corrected chi connectivity index (χ4v) is 4.36. The molecule has 1 aromatic rings. The third-order valence-electron chi connectivity index (χ3n) is 3.50. The predicted octanol–water partition coefficient (Wildman–Crippen LogP) is 1.81. The minimum Gasteiger partial charge on any atom is -0.334 e. The molecule has 0 aliphatic carbocycles. The average molecular weight is 394 g/mol. The van der Waals surface area contributed by atoms with Crippen LogP contribution >= 0.6 is 23.2 Å². The monoisotopic (exact) mass is 393 g/mol. The maximum atomic E-state index is 12.1. The summed E-state index contributed by atoms with van der Waals surface area (Å²) < 4.78 is 22.7. The maximum Gasteiger partial charge on any atom is 0.315 e. The van der Waals surface area contributed by atoms with Crippen molar-refractivity contribution in [3.63, 3.8) is 0 Å². The molecule has 7 nitrogen and oxygen atoms in total. The van der Waals surface area contributed by atoms with Gasteiger partial charge in [0.15, 0.2) is 9.84 Å². The molecule has 1 aliphatic heterocycles. The Bertz CT molecular complexity index is 754. The average Bonchev–Trinajstić information content (AvgIpc) is 2.80. The molecule has 3 amide bonds. The van der Waals surface area contributed by atoms with E-state index in [0.29, 0.717) is 17.1 Å². The quantitative estimate of drug-likeness (QED) is 0.725. The van der Waals surface area contributed by atoms with E-state index in [0.717, 1.165) is 0 Å².